The van der Waals surface area contributed by atoms with Gasteiger partial charge in [0.2, 0.25) is 5.91 Å². The van der Waals surface area contributed by atoms with Gasteiger partial charge in [0.1, 0.15) is 0 Å². The zero-order valence-corrected chi connectivity index (χ0v) is 42.5. The monoisotopic (exact) mass is 890 g/mol. The van der Waals surface area contributed by atoms with Crippen molar-refractivity contribution in [3.8, 4) is 0 Å². The first kappa shape index (κ1) is 61.6. The van der Waals surface area contributed by atoms with Gasteiger partial charge in [0.15, 0.2) is 0 Å². The Bertz CT molecular complexity index is 1150. The average Bonchev–Trinajstić information content (AvgIpc) is 3.30. The van der Waals surface area contributed by atoms with Crippen LogP contribution >= 0.6 is 0 Å². The van der Waals surface area contributed by atoms with Crippen molar-refractivity contribution >= 4 is 5.91 Å². The molecule has 3 N–H and O–H groups in total. The summed E-state index contributed by atoms with van der Waals surface area (Å²) in [6.45, 7) is 4.20. The summed E-state index contributed by atoms with van der Waals surface area (Å²) in [5, 5.41) is 23.1. The first-order valence-corrected chi connectivity index (χ1v) is 27.8. The highest BCUT2D eigenvalue weighted by Crippen LogP contribution is 2.16. The highest BCUT2D eigenvalue weighted by Gasteiger charge is 2.17. The van der Waals surface area contributed by atoms with E-state index in [9.17, 15) is 15.0 Å². The first-order chi connectivity index (χ1) is 31.7. The first-order valence-electron chi connectivity index (χ1n) is 27.8. The van der Waals surface area contributed by atoms with Crippen LogP contribution in [0.1, 0.15) is 271 Å². The molecular weight excluding hydrogens is 783 g/mol. The summed E-state index contributed by atoms with van der Waals surface area (Å²) in [6, 6.07) is -0.649. The standard InChI is InChI=1S/C60H107NO3/c1-3-5-7-9-11-13-15-17-19-21-23-25-27-29-30-32-33-35-37-39-41-43-45-47-49-51-53-55-59(63)58(57-62)61-60(64)56-54-52-50-48-46-44-42-40-38-36-34-31-28-26-24-22-20-18-16-14-12-10-8-6-4-2/h6,8,12,14,18,20,24,26,31,34,45,47,53,55,58-59,62-63H,3-5,7,9-11,13,15-17,19,21-23,25,27-30,32-33,35-44,46,48-52,54,56-57H2,1-2H3,(H,61,64)/b8-6-,14-12-,20-18-,26-24-,34-31-,47-45+,55-53+. The summed E-state index contributed by atoms with van der Waals surface area (Å²) in [6.07, 6.45) is 80.3. The molecule has 4 heteroatoms. The number of aliphatic hydroxyl groups excluding tert-OH is 2. The van der Waals surface area contributed by atoms with Crippen LogP contribution in [0.2, 0.25) is 0 Å². The van der Waals surface area contributed by atoms with Crippen LogP contribution in [0.5, 0.6) is 0 Å². The molecular formula is C60H107NO3. The van der Waals surface area contributed by atoms with Gasteiger partial charge in [-0.2, -0.15) is 0 Å². The summed E-state index contributed by atoms with van der Waals surface area (Å²) in [5.41, 5.74) is 0. The number of rotatable bonds is 50. The van der Waals surface area contributed by atoms with Gasteiger partial charge in [0.05, 0.1) is 18.8 Å². The Morgan fingerprint density at radius 2 is 0.703 bits per heavy atom. The molecule has 0 bridgehead atoms. The van der Waals surface area contributed by atoms with E-state index >= 15 is 0 Å². The van der Waals surface area contributed by atoms with Crippen LogP contribution in [0.4, 0.5) is 0 Å². The molecule has 0 rings (SSSR count). The minimum atomic E-state index is -0.871. The van der Waals surface area contributed by atoms with E-state index in [1.807, 2.05) is 6.08 Å². The smallest absolute Gasteiger partial charge is 0.220 e. The molecule has 0 aliphatic carbocycles. The second-order valence-electron chi connectivity index (χ2n) is 18.6. The van der Waals surface area contributed by atoms with Crippen molar-refractivity contribution in [1.82, 2.24) is 5.32 Å². The third-order valence-corrected chi connectivity index (χ3v) is 12.4. The van der Waals surface area contributed by atoms with E-state index < -0.39 is 12.1 Å². The third-order valence-electron chi connectivity index (χ3n) is 12.4. The summed E-state index contributed by atoms with van der Waals surface area (Å²) >= 11 is 0. The molecule has 0 heterocycles. The Balaban J connectivity index is 3.58. The maximum absolute atomic E-state index is 12.5. The molecule has 370 valence electrons. The minimum Gasteiger partial charge on any atom is -0.394 e. The van der Waals surface area contributed by atoms with Crippen LogP contribution in [0, 0.1) is 0 Å². The van der Waals surface area contributed by atoms with Crippen molar-refractivity contribution in [1.29, 1.82) is 0 Å². The van der Waals surface area contributed by atoms with Gasteiger partial charge < -0.3 is 15.5 Å². The van der Waals surface area contributed by atoms with Crippen molar-refractivity contribution in [2.24, 2.45) is 0 Å². The number of nitrogens with one attached hydrogen (secondary N) is 1. The quantitative estimate of drug-likeness (QED) is 0.0421. The molecule has 2 atom stereocenters. The molecule has 0 fully saturated rings. The lowest BCUT2D eigenvalue weighted by Gasteiger charge is -2.19. The highest BCUT2D eigenvalue weighted by molar-refractivity contribution is 5.76. The number of carbonyl (C=O) groups is 1. The van der Waals surface area contributed by atoms with Gasteiger partial charge >= 0.3 is 0 Å². The Morgan fingerprint density at radius 1 is 0.391 bits per heavy atom. The van der Waals surface area contributed by atoms with E-state index in [2.05, 4.69) is 92.1 Å². The van der Waals surface area contributed by atoms with Gasteiger partial charge in [-0.15, -0.1) is 0 Å². The Hall–Kier alpha value is -2.43. The number of carbonyl (C=O) groups excluding carboxylic acids is 1. The highest BCUT2D eigenvalue weighted by atomic mass is 16.3. The Labute approximate surface area is 399 Å². The minimum absolute atomic E-state index is 0.0813. The van der Waals surface area contributed by atoms with E-state index in [1.165, 1.54) is 180 Å². The van der Waals surface area contributed by atoms with Crippen molar-refractivity contribution in [2.45, 2.75) is 283 Å². The molecule has 0 radical (unpaired) electrons. The molecule has 0 saturated heterocycles. The number of allylic oxidation sites excluding steroid dienone is 13. The largest absolute Gasteiger partial charge is 0.394 e. The second-order valence-corrected chi connectivity index (χ2v) is 18.6. The topological polar surface area (TPSA) is 69.6 Å². The van der Waals surface area contributed by atoms with Crippen LogP contribution in [0.3, 0.4) is 0 Å². The third kappa shape index (κ3) is 50.6. The molecule has 2 unspecified atom stereocenters. The molecule has 64 heavy (non-hydrogen) atoms. The molecule has 0 aromatic heterocycles. The van der Waals surface area contributed by atoms with Gasteiger partial charge in [-0.05, 0) is 77.0 Å². The summed E-state index contributed by atoms with van der Waals surface area (Å²) in [5.74, 6) is -0.0813. The second kappa shape index (κ2) is 54.9. The lowest BCUT2D eigenvalue weighted by Crippen LogP contribution is -2.45. The van der Waals surface area contributed by atoms with E-state index in [0.29, 0.717) is 6.42 Å². The van der Waals surface area contributed by atoms with Crippen LogP contribution in [0.25, 0.3) is 0 Å². The predicted molar refractivity (Wildman–Crippen MR) is 285 cm³/mol. The predicted octanol–water partition coefficient (Wildman–Crippen LogP) is 18.4. The van der Waals surface area contributed by atoms with Gasteiger partial charge in [-0.25, -0.2) is 0 Å². The molecule has 0 aromatic rings. The van der Waals surface area contributed by atoms with Crippen LogP contribution in [0.15, 0.2) is 85.1 Å². The normalized spacial score (nSPS) is 13.5. The molecule has 0 aliphatic heterocycles. The van der Waals surface area contributed by atoms with Crippen LogP contribution < -0.4 is 5.32 Å². The number of amides is 1. The summed E-state index contributed by atoms with van der Waals surface area (Å²) < 4.78 is 0. The van der Waals surface area contributed by atoms with E-state index in [4.69, 9.17) is 0 Å². The molecule has 1 amide bonds. The number of hydrogen-bond donors (Lipinski definition) is 3. The number of aliphatic hydroxyl groups is 2. The number of unbranched alkanes of at least 4 members (excludes halogenated alkanes) is 31. The number of hydrogen-bond acceptors (Lipinski definition) is 3. The molecule has 0 saturated carbocycles. The SMILES string of the molecule is CC/C=C\C/C=C\C/C=C\C/C=C\C/C=C\CCCCCCCCCCCC(=O)NC(CO)C(O)/C=C/CC/C=C/CCCCCCCCCCCCCCCCCCCCCCC. The summed E-state index contributed by atoms with van der Waals surface area (Å²) in [7, 11) is 0. The van der Waals surface area contributed by atoms with E-state index in [1.54, 1.807) is 6.08 Å². The van der Waals surface area contributed by atoms with Gasteiger partial charge in [-0.1, -0.05) is 272 Å². The summed E-state index contributed by atoms with van der Waals surface area (Å²) in [4.78, 5) is 12.5. The van der Waals surface area contributed by atoms with E-state index in [0.717, 1.165) is 70.6 Å². The lowest BCUT2D eigenvalue weighted by atomic mass is 10.0. The van der Waals surface area contributed by atoms with Gasteiger partial charge in [0, 0.05) is 6.42 Å². The van der Waals surface area contributed by atoms with Crippen molar-refractivity contribution < 1.29 is 15.0 Å². The van der Waals surface area contributed by atoms with Crippen LogP contribution in [-0.2, 0) is 4.79 Å². The molecule has 0 aliphatic rings. The maximum Gasteiger partial charge on any atom is 0.220 e. The fourth-order valence-corrected chi connectivity index (χ4v) is 8.16. The average molecular weight is 891 g/mol. The zero-order valence-electron chi connectivity index (χ0n) is 42.5. The van der Waals surface area contributed by atoms with Gasteiger partial charge in [0.25, 0.3) is 0 Å². The van der Waals surface area contributed by atoms with Crippen LogP contribution in [-0.4, -0.2) is 34.9 Å². The van der Waals surface area contributed by atoms with Crippen molar-refractivity contribution in [3.63, 3.8) is 0 Å². The lowest BCUT2D eigenvalue weighted by molar-refractivity contribution is -0.123. The maximum atomic E-state index is 12.5. The molecule has 0 spiro atoms. The zero-order chi connectivity index (χ0) is 46.3. The van der Waals surface area contributed by atoms with Crippen molar-refractivity contribution in [3.05, 3.63) is 85.1 Å². The Morgan fingerprint density at radius 3 is 1.09 bits per heavy atom. The molecule has 0 aromatic carbocycles. The van der Waals surface area contributed by atoms with Crippen molar-refractivity contribution in [2.75, 3.05) is 6.61 Å². The fraction of sp³-hybridized carbons (Fsp3) is 0.750. The van der Waals surface area contributed by atoms with Gasteiger partial charge in [-0.3, -0.25) is 4.79 Å². The fourth-order valence-electron chi connectivity index (χ4n) is 8.16. The molecule has 4 nitrogen and oxygen atoms in total. The Kier molecular flexibility index (Phi) is 52.8. The van der Waals surface area contributed by atoms with E-state index in [-0.39, 0.29) is 12.5 Å².